The van der Waals surface area contributed by atoms with Crippen LogP contribution in [0.3, 0.4) is 0 Å². The molecule has 0 aliphatic heterocycles. The minimum Gasteiger partial charge on any atom is -0.496 e. The molecule has 0 unspecified atom stereocenters. The molecule has 0 N–H and O–H groups in total. The summed E-state index contributed by atoms with van der Waals surface area (Å²) in [6.07, 6.45) is -6.10. The maximum atomic E-state index is 11.9. The molecule has 0 atom stereocenters. The standard InChI is InChI=1S/C11H11F3O2/c1-16-10-5-3-2-4-8(10)6-9(15)7-11(12,13)14/h2-5H,6-7H2,1H3. The van der Waals surface area contributed by atoms with Crippen LogP contribution in [0.5, 0.6) is 5.75 Å². The Labute approximate surface area is 91.0 Å². The number of halogens is 3. The summed E-state index contributed by atoms with van der Waals surface area (Å²) in [7, 11) is 1.41. The van der Waals surface area contributed by atoms with Crippen molar-refractivity contribution >= 4 is 5.78 Å². The normalized spacial score (nSPS) is 11.2. The van der Waals surface area contributed by atoms with E-state index in [0.717, 1.165) is 0 Å². The Hall–Kier alpha value is -1.52. The van der Waals surface area contributed by atoms with E-state index in [1.165, 1.54) is 7.11 Å². The number of carbonyl (C=O) groups excluding carboxylic acids is 1. The van der Waals surface area contributed by atoms with Crippen molar-refractivity contribution in [2.75, 3.05) is 7.11 Å². The highest BCUT2D eigenvalue weighted by atomic mass is 19.4. The van der Waals surface area contributed by atoms with Gasteiger partial charge < -0.3 is 4.74 Å². The number of methoxy groups -OCH3 is 1. The highest BCUT2D eigenvalue weighted by molar-refractivity contribution is 5.82. The minimum absolute atomic E-state index is 0.260. The maximum Gasteiger partial charge on any atom is 0.395 e. The summed E-state index contributed by atoms with van der Waals surface area (Å²) in [5, 5.41) is 0. The highest BCUT2D eigenvalue weighted by Gasteiger charge is 2.31. The lowest BCUT2D eigenvalue weighted by Gasteiger charge is -2.08. The van der Waals surface area contributed by atoms with Crippen molar-refractivity contribution in [2.24, 2.45) is 0 Å². The number of benzene rings is 1. The van der Waals surface area contributed by atoms with Gasteiger partial charge in [0.2, 0.25) is 0 Å². The van der Waals surface area contributed by atoms with Crippen LogP contribution in [0.25, 0.3) is 0 Å². The summed E-state index contributed by atoms with van der Waals surface area (Å²) in [5.74, 6) is -0.435. The topological polar surface area (TPSA) is 26.3 Å². The van der Waals surface area contributed by atoms with E-state index in [4.69, 9.17) is 4.74 Å². The lowest BCUT2D eigenvalue weighted by Crippen LogP contribution is -2.16. The van der Waals surface area contributed by atoms with Gasteiger partial charge in [0, 0.05) is 12.0 Å². The van der Waals surface area contributed by atoms with Gasteiger partial charge in [-0.1, -0.05) is 18.2 Å². The Balaban J connectivity index is 2.70. The molecular formula is C11H11F3O2. The zero-order chi connectivity index (χ0) is 12.2. The Morgan fingerprint density at radius 2 is 1.94 bits per heavy atom. The molecule has 0 radical (unpaired) electrons. The number of rotatable bonds is 4. The van der Waals surface area contributed by atoms with Gasteiger partial charge in [0.25, 0.3) is 0 Å². The number of para-hydroxylation sites is 1. The monoisotopic (exact) mass is 232 g/mol. The molecule has 5 heteroatoms. The number of ketones is 1. The molecule has 88 valence electrons. The molecule has 2 nitrogen and oxygen atoms in total. The molecule has 0 heterocycles. The number of alkyl halides is 3. The second-order valence-electron chi connectivity index (χ2n) is 3.32. The molecule has 16 heavy (non-hydrogen) atoms. The summed E-state index contributed by atoms with van der Waals surface area (Å²) in [6, 6.07) is 6.53. The number of ether oxygens (including phenoxy) is 1. The molecule has 0 aromatic heterocycles. The van der Waals surface area contributed by atoms with Crippen LogP contribution in [0, 0.1) is 0 Å². The predicted octanol–water partition coefficient (Wildman–Crippen LogP) is 2.76. The smallest absolute Gasteiger partial charge is 0.395 e. The first-order valence-corrected chi connectivity index (χ1v) is 4.63. The number of hydrogen-bond acceptors (Lipinski definition) is 2. The van der Waals surface area contributed by atoms with Crippen molar-refractivity contribution in [3.63, 3.8) is 0 Å². The SMILES string of the molecule is COc1ccccc1CC(=O)CC(F)(F)F. The Morgan fingerprint density at radius 1 is 1.31 bits per heavy atom. The van der Waals surface area contributed by atoms with Gasteiger partial charge in [0.1, 0.15) is 18.0 Å². The third-order valence-corrected chi connectivity index (χ3v) is 1.98. The fourth-order valence-corrected chi connectivity index (χ4v) is 1.35. The number of Topliss-reactive ketones (excluding diaryl/α,β-unsaturated/α-hetero) is 1. The van der Waals surface area contributed by atoms with Crippen LogP contribution in [-0.4, -0.2) is 19.1 Å². The zero-order valence-electron chi connectivity index (χ0n) is 8.67. The van der Waals surface area contributed by atoms with Crippen LogP contribution in [0.15, 0.2) is 24.3 Å². The molecule has 0 aliphatic rings. The minimum atomic E-state index is -4.45. The fourth-order valence-electron chi connectivity index (χ4n) is 1.35. The van der Waals surface area contributed by atoms with E-state index in [9.17, 15) is 18.0 Å². The quantitative estimate of drug-likeness (QED) is 0.797. The molecule has 1 aromatic carbocycles. The molecule has 0 spiro atoms. The highest BCUT2D eigenvalue weighted by Crippen LogP contribution is 2.23. The summed E-state index contributed by atoms with van der Waals surface area (Å²) >= 11 is 0. The van der Waals surface area contributed by atoms with E-state index in [1.807, 2.05) is 0 Å². The van der Waals surface area contributed by atoms with E-state index < -0.39 is 18.4 Å². The molecule has 0 saturated carbocycles. The molecule has 1 rings (SSSR count). The third-order valence-electron chi connectivity index (χ3n) is 1.98. The van der Waals surface area contributed by atoms with E-state index in [-0.39, 0.29) is 6.42 Å². The molecule has 0 saturated heterocycles. The van der Waals surface area contributed by atoms with Gasteiger partial charge in [-0.05, 0) is 6.07 Å². The summed E-state index contributed by atoms with van der Waals surface area (Å²) in [4.78, 5) is 11.1. The zero-order valence-corrected chi connectivity index (χ0v) is 8.67. The van der Waals surface area contributed by atoms with Crippen LogP contribution in [0.1, 0.15) is 12.0 Å². The molecular weight excluding hydrogens is 221 g/mol. The summed E-state index contributed by atoms with van der Waals surface area (Å²) < 4.78 is 40.8. The average Bonchev–Trinajstić information content (AvgIpc) is 2.15. The maximum absolute atomic E-state index is 11.9. The second-order valence-corrected chi connectivity index (χ2v) is 3.32. The lowest BCUT2D eigenvalue weighted by molar-refractivity contribution is -0.151. The molecule has 0 amide bonds. The predicted molar refractivity (Wildman–Crippen MR) is 52.4 cm³/mol. The number of hydrogen-bond donors (Lipinski definition) is 0. The van der Waals surface area contributed by atoms with Gasteiger partial charge in [0.05, 0.1) is 7.11 Å². The van der Waals surface area contributed by atoms with Crippen LogP contribution < -0.4 is 4.74 Å². The molecule has 1 aromatic rings. The van der Waals surface area contributed by atoms with E-state index in [2.05, 4.69) is 0 Å². The van der Waals surface area contributed by atoms with Crippen LogP contribution in [0.2, 0.25) is 0 Å². The summed E-state index contributed by atoms with van der Waals surface area (Å²) in [6.45, 7) is 0. The Bertz CT molecular complexity index is 372. The van der Waals surface area contributed by atoms with Gasteiger partial charge in [-0.2, -0.15) is 13.2 Å². The first-order valence-electron chi connectivity index (χ1n) is 4.63. The van der Waals surface area contributed by atoms with Crippen LogP contribution in [0.4, 0.5) is 13.2 Å². The van der Waals surface area contributed by atoms with Crippen molar-refractivity contribution in [3.8, 4) is 5.75 Å². The summed E-state index contributed by atoms with van der Waals surface area (Å²) in [5.41, 5.74) is 0.472. The van der Waals surface area contributed by atoms with Crippen molar-refractivity contribution < 1.29 is 22.7 Å². The fraction of sp³-hybridized carbons (Fsp3) is 0.364. The first-order chi connectivity index (χ1) is 7.42. The molecule has 0 aliphatic carbocycles. The lowest BCUT2D eigenvalue weighted by atomic mass is 10.1. The van der Waals surface area contributed by atoms with Crippen molar-refractivity contribution in [3.05, 3.63) is 29.8 Å². The van der Waals surface area contributed by atoms with E-state index in [0.29, 0.717) is 11.3 Å². The number of carbonyl (C=O) groups is 1. The van der Waals surface area contributed by atoms with Gasteiger partial charge in [-0.15, -0.1) is 0 Å². The molecule has 0 bridgehead atoms. The van der Waals surface area contributed by atoms with Gasteiger partial charge in [-0.25, -0.2) is 0 Å². The average molecular weight is 232 g/mol. The van der Waals surface area contributed by atoms with Gasteiger partial charge in [-0.3, -0.25) is 4.79 Å². The first kappa shape index (κ1) is 12.5. The van der Waals surface area contributed by atoms with Gasteiger partial charge >= 0.3 is 6.18 Å². The van der Waals surface area contributed by atoms with Crippen molar-refractivity contribution in [1.82, 2.24) is 0 Å². The van der Waals surface area contributed by atoms with Gasteiger partial charge in [0.15, 0.2) is 0 Å². The third kappa shape index (κ3) is 3.92. The van der Waals surface area contributed by atoms with Crippen LogP contribution >= 0.6 is 0 Å². The van der Waals surface area contributed by atoms with Crippen molar-refractivity contribution in [1.29, 1.82) is 0 Å². The Kier molecular flexibility index (Phi) is 3.93. The van der Waals surface area contributed by atoms with Crippen LogP contribution in [-0.2, 0) is 11.2 Å². The van der Waals surface area contributed by atoms with Crippen molar-refractivity contribution in [2.45, 2.75) is 19.0 Å². The largest absolute Gasteiger partial charge is 0.496 e. The molecule has 0 fully saturated rings. The van der Waals surface area contributed by atoms with E-state index >= 15 is 0 Å². The Morgan fingerprint density at radius 3 is 2.50 bits per heavy atom. The van der Waals surface area contributed by atoms with E-state index in [1.54, 1.807) is 24.3 Å². The second kappa shape index (κ2) is 5.01.